The number of nitrogens with zero attached hydrogens (tertiary/aromatic N) is 1. The molecule has 0 aromatic heterocycles. The Kier molecular flexibility index (Phi) is 7.02. The molecule has 0 aliphatic carbocycles. The van der Waals surface area contributed by atoms with Crippen LogP contribution in [0.2, 0.25) is 0 Å². The Hall–Kier alpha value is -4.72. The zero-order chi connectivity index (χ0) is 24.8. The molecule has 1 amide bonds. The molecule has 4 rings (SSSR count). The van der Waals surface area contributed by atoms with Gasteiger partial charge < -0.3 is 14.6 Å². The van der Waals surface area contributed by atoms with E-state index in [4.69, 9.17) is 9.47 Å². The molecule has 7 nitrogen and oxygen atoms in total. The zero-order valence-corrected chi connectivity index (χ0v) is 18.7. The van der Waals surface area contributed by atoms with Gasteiger partial charge in [-0.3, -0.25) is 4.79 Å². The molecular weight excluding hydrogens is 451 g/mol. The molecule has 0 aliphatic heterocycles. The van der Waals surface area contributed by atoms with Crippen LogP contribution in [0.25, 0.3) is 10.8 Å². The van der Waals surface area contributed by atoms with Crippen LogP contribution in [-0.4, -0.2) is 29.8 Å². The van der Waals surface area contributed by atoms with E-state index in [1.165, 1.54) is 42.6 Å². The van der Waals surface area contributed by atoms with Crippen molar-refractivity contribution < 1.29 is 28.6 Å². The second kappa shape index (κ2) is 10.5. The fraction of sp³-hybridized carbons (Fsp3) is 0.0741. The molecular formula is C27H21FN2O5. The van der Waals surface area contributed by atoms with Crippen molar-refractivity contribution >= 4 is 28.9 Å². The van der Waals surface area contributed by atoms with Crippen LogP contribution >= 0.6 is 0 Å². The minimum atomic E-state index is -0.658. The minimum absolute atomic E-state index is 0.0962. The standard InChI is InChI=1S/C27H21FN2O5/c1-2-34-25-13-17(7-12-24(25)35-27(33)18-8-10-21(28)11-9-18)16-29-30-26(32)22-14-19-5-3-4-6-20(19)15-23(22)31/h3-16,31H,2H2,1H3,(H,30,32)/b29-16+. The maximum Gasteiger partial charge on any atom is 0.343 e. The van der Waals surface area contributed by atoms with Crippen LogP contribution < -0.4 is 14.9 Å². The summed E-state index contributed by atoms with van der Waals surface area (Å²) in [5, 5.41) is 15.8. The van der Waals surface area contributed by atoms with E-state index in [-0.39, 0.29) is 22.6 Å². The average Bonchev–Trinajstić information content (AvgIpc) is 2.85. The molecule has 4 aromatic carbocycles. The van der Waals surface area contributed by atoms with Gasteiger partial charge >= 0.3 is 5.97 Å². The van der Waals surface area contributed by atoms with Gasteiger partial charge in [0.1, 0.15) is 11.6 Å². The Morgan fingerprint density at radius 3 is 2.40 bits per heavy atom. The summed E-state index contributed by atoms with van der Waals surface area (Å²) in [5.41, 5.74) is 3.25. The van der Waals surface area contributed by atoms with E-state index >= 15 is 0 Å². The lowest BCUT2D eigenvalue weighted by molar-refractivity contribution is 0.0728. The number of esters is 1. The summed E-state index contributed by atoms with van der Waals surface area (Å²) in [4.78, 5) is 24.9. The number of halogens is 1. The number of amides is 1. The maximum atomic E-state index is 13.1. The van der Waals surface area contributed by atoms with Crippen molar-refractivity contribution in [2.75, 3.05) is 6.61 Å². The molecule has 4 aromatic rings. The third kappa shape index (κ3) is 5.62. The number of nitrogens with one attached hydrogen (secondary N) is 1. The number of hydrogen-bond acceptors (Lipinski definition) is 6. The summed E-state index contributed by atoms with van der Waals surface area (Å²) in [6.07, 6.45) is 1.39. The molecule has 0 bridgehead atoms. The van der Waals surface area contributed by atoms with E-state index in [0.717, 1.165) is 10.8 Å². The van der Waals surface area contributed by atoms with Crippen molar-refractivity contribution in [3.63, 3.8) is 0 Å². The molecule has 0 unspecified atom stereocenters. The largest absolute Gasteiger partial charge is 0.507 e. The highest BCUT2D eigenvalue weighted by atomic mass is 19.1. The van der Waals surface area contributed by atoms with Crippen molar-refractivity contribution in [1.82, 2.24) is 5.43 Å². The first-order valence-electron chi connectivity index (χ1n) is 10.7. The Balaban J connectivity index is 1.47. The second-order valence-electron chi connectivity index (χ2n) is 7.45. The fourth-order valence-electron chi connectivity index (χ4n) is 3.34. The first-order chi connectivity index (χ1) is 16.9. The number of benzene rings is 4. The summed E-state index contributed by atoms with van der Waals surface area (Å²) in [6, 6.07) is 20.2. The van der Waals surface area contributed by atoms with Crippen molar-refractivity contribution in [1.29, 1.82) is 0 Å². The number of aromatic hydroxyl groups is 1. The van der Waals surface area contributed by atoms with E-state index in [2.05, 4.69) is 10.5 Å². The van der Waals surface area contributed by atoms with Crippen LogP contribution in [0, 0.1) is 5.82 Å². The lowest BCUT2D eigenvalue weighted by Crippen LogP contribution is -2.17. The predicted molar refractivity (Wildman–Crippen MR) is 130 cm³/mol. The molecule has 35 heavy (non-hydrogen) atoms. The van der Waals surface area contributed by atoms with Gasteiger partial charge in [-0.25, -0.2) is 14.6 Å². The molecule has 2 N–H and O–H groups in total. The van der Waals surface area contributed by atoms with Crippen molar-refractivity contribution in [3.8, 4) is 17.2 Å². The summed E-state index contributed by atoms with van der Waals surface area (Å²) >= 11 is 0. The number of carbonyl (C=O) groups excluding carboxylic acids is 2. The van der Waals surface area contributed by atoms with E-state index < -0.39 is 17.7 Å². The van der Waals surface area contributed by atoms with Gasteiger partial charge in [0.2, 0.25) is 0 Å². The van der Waals surface area contributed by atoms with E-state index in [0.29, 0.717) is 17.9 Å². The highest BCUT2D eigenvalue weighted by Gasteiger charge is 2.14. The SMILES string of the molecule is CCOc1cc(/C=N/NC(=O)c2cc3ccccc3cc2O)ccc1OC(=O)c1ccc(F)cc1. The zero-order valence-electron chi connectivity index (χ0n) is 18.7. The van der Waals surface area contributed by atoms with Crippen LogP contribution in [0.3, 0.4) is 0 Å². The quantitative estimate of drug-likeness (QED) is 0.170. The molecule has 8 heteroatoms. The lowest BCUT2D eigenvalue weighted by atomic mass is 10.1. The number of phenolic OH excluding ortho intramolecular Hbond substituents is 1. The highest BCUT2D eigenvalue weighted by molar-refractivity contribution is 6.01. The van der Waals surface area contributed by atoms with Crippen LogP contribution in [0.5, 0.6) is 17.2 Å². The van der Waals surface area contributed by atoms with Gasteiger partial charge in [0, 0.05) is 0 Å². The minimum Gasteiger partial charge on any atom is -0.507 e. The Labute approximate surface area is 200 Å². The molecule has 0 fully saturated rings. The normalized spacial score (nSPS) is 10.9. The van der Waals surface area contributed by atoms with Crippen LogP contribution in [0.4, 0.5) is 4.39 Å². The van der Waals surface area contributed by atoms with E-state index in [9.17, 15) is 19.1 Å². The number of hydrogen-bond donors (Lipinski definition) is 2. The number of carbonyl (C=O) groups is 2. The Morgan fingerprint density at radius 1 is 0.971 bits per heavy atom. The molecule has 176 valence electrons. The lowest BCUT2D eigenvalue weighted by Gasteiger charge is -2.11. The van der Waals surface area contributed by atoms with Crippen LogP contribution in [0.1, 0.15) is 33.2 Å². The third-order valence-corrected chi connectivity index (χ3v) is 5.04. The number of hydrazone groups is 1. The highest BCUT2D eigenvalue weighted by Crippen LogP contribution is 2.29. The maximum absolute atomic E-state index is 13.1. The molecule has 0 atom stereocenters. The first kappa shape index (κ1) is 23.4. The van der Waals surface area contributed by atoms with Gasteiger partial charge in [0.25, 0.3) is 5.91 Å². The fourth-order valence-corrected chi connectivity index (χ4v) is 3.34. The van der Waals surface area contributed by atoms with Gasteiger partial charge in [-0.05, 0) is 77.9 Å². The van der Waals surface area contributed by atoms with Gasteiger partial charge in [-0.1, -0.05) is 24.3 Å². The summed E-state index contributed by atoms with van der Waals surface area (Å²) in [5.74, 6) is -1.35. The Morgan fingerprint density at radius 2 is 1.69 bits per heavy atom. The molecule has 0 spiro atoms. The second-order valence-corrected chi connectivity index (χ2v) is 7.45. The topological polar surface area (TPSA) is 97.2 Å². The molecule has 0 heterocycles. The first-order valence-corrected chi connectivity index (χ1v) is 10.7. The number of rotatable bonds is 7. The summed E-state index contributed by atoms with van der Waals surface area (Å²) in [6.45, 7) is 2.10. The van der Waals surface area contributed by atoms with Crippen LogP contribution in [0.15, 0.2) is 84.0 Å². The number of fused-ring (bicyclic) bond motifs is 1. The smallest absolute Gasteiger partial charge is 0.343 e. The average molecular weight is 472 g/mol. The molecule has 0 saturated carbocycles. The monoisotopic (exact) mass is 472 g/mol. The van der Waals surface area contributed by atoms with Crippen molar-refractivity contribution in [2.45, 2.75) is 6.92 Å². The van der Waals surface area contributed by atoms with Gasteiger partial charge in [0.05, 0.1) is 23.9 Å². The van der Waals surface area contributed by atoms with E-state index in [1.54, 1.807) is 25.1 Å². The van der Waals surface area contributed by atoms with Crippen molar-refractivity contribution in [2.24, 2.45) is 5.10 Å². The van der Waals surface area contributed by atoms with Crippen LogP contribution in [-0.2, 0) is 0 Å². The predicted octanol–water partition coefficient (Wildman–Crippen LogP) is 5.07. The van der Waals surface area contributed by atoms with E-state index in [1.807, 2.05) is 24.3 Å². The molecule has 0 radical (unpaired) electrons. The third-order valence-electron chi connectivity index (χ3n) is 5.04. The molecule has 0 saturated heterocycles. The number of ether oxygens (including phenoxy) is 2. The molecule has 0 aliphatic rings. The summed E-state index contributed by atoms with van der Waals surface area (Å²) < 4.78 is 24.1. The van der Waals surface area contributed by atoms with Gasteiger partial charge in [-0.2, -0.15) is 5.10 Å². The van der Waals surface area contributed by atoms with Gasteiger partial charge in [-0.15, -0.1) is 0 Å². The number of phenols is 1. The Bertz CT molecular complexity index is 1420. The van der Waals surface area contributed by atoms with Crippen molar-refractivity contribution in [3.05, 3.63) is 101 Å². The summed E-state index contributed by atoms with van der Waals surface area (Å²) in [7, 11) is 0. The van der Waals surface area contributed by atoms with Gasteiger partial charge in [0.15, 0.2) is 11.5 Å².